The average Bonchev–Trinajstić information content (AvgIpc) is 3.13. The van der Waals surface area contributed by atoms with Gasteiger partial charge in [-0.1, -0.05) is 11.3 Å². The number of methoxy groups -OCH3 is 1. The van der Waals surface area contributed by atoms with E-state index >= 15 is 0 Å². The number of hydrogen-bond acceptors (Lipinski definition) is 6. The van der Waals surface area contributed by atoms with Gasteiger partial charge in [0.1, 0.15) is 30.3 Å². The standard InChI is InChI=1S/C20H16F2N6O3/c1-31-16-4-2-3-15(8-16)24-17(29)10-27-11-23-19-18(20(27)30)25-26-28(19)9-12-5-13(21)7-14(22)6-12/h2-8,11H,9-10H2,1H3,(H,24,29). The second-order valence-corrected chi connectivity index (χ2v) is 6.65. The van der Waals surface area contributed by atoms with Crippen LogP contribution >= 0.6 is 0 Å². The number of carbonyl (C=O) groups excluding carboxylic acids is 1. The molecule has 4 rings (SSSR count). The second-order valence-electron chi connectivity index (χ2n) is 6.65. The number of hydrogen-bond donors (Lipinski definition) is 1. The van der Waals surface area contributed by atoms with Gasteiger partial charge >= 0.3 is 0 Å². The first-order chi connectivity index (χ1) is 14.9. The molecule has 0 saturated heterocycles. The molecular weight excluding hydrogens is 410 g/mol. The van der Waals surface area contributed by atoms with Crippen LogP contribution in [0, 0.1) is 11.6 Å². The number of benzene rings is 2. The fourth-order valence-corrected chi connectivity index (χ4v) is 3.04. The molecule has 2 aromatic heterocycles. The van der Waals surface area contributed by atoms with Gasteiger partial charge in [-0.25, -0.2) is 18.4 Å². The van der Waals surface area contributed by atoms with E-state index < -0.39 is 23.1 Å². The Morgan fingerprint density at radius 1 is 1.16 bits per heavy atom. The van der Waals surface area contributed by atoms with E-state index in [-0.39, 0.29) is 24.3 Å². The number of carbonyl (C=O) groups is 1. The average molecular weight is 426 g/mol. The summed E-state index contributed by atoms with van der Waals surface area (Å²) in [4.78, 5) is 29.2. The summed E-state index contributed by atoms with van der Waals surface area (Å²) in [6.07, 6.45) is 1.20. The third-order valence-corrected chi connectivity index (χ3v) is 4.41. The Hall–Kier alpha value is -4.15. The van der Waals surface area contributed by atoms with Gasteiger partial charge in [0, 0.05) is 17.8 Å². The number of anilines is 1. The maximum atomic E-state index is 13.4. The van der Waals surface area contributed by atoms with Crippen LogP contribution in [0.3, 0.4) is 0 Å². The molecule has 0 unspecified atom stereocenters. The monoisotopic (exact) mass is 426 g/mol. The van der Waals surface area contributed by atoms with Gasteiger partial charge in [0.05, 0.1) is 13.7 Å². The van der Waals surface area contributed by atoms with Crippen molar-refractivity contribution < 1.29 is 18.3 Å². The first-order valence-electron chi connectivity index (χ1n) is 9.10. The predicted molar refractivity (Wildman–Crippen MR) is 107 cm³/mol. The fraction of sp³-hybridized carbons (Fsp3) is 0.150. The molecular formula is C20H16F2N6O3. The quantitative estimate of drug-likeness (QED) is 0.506. The summed E-state index contributed by atoms with van der Waals surface area (Å²) in [6.45, 7) is -0.321. The van der Waals surface area contributed by atoms with Crippen molar-refractivity contribution in [1.82, 2.24) is 24.5 Å². The van der Waals surface area contributed by atoms with Crippen LogP contribution in [0.4, 0.5) is 14.5 Å². The molecule has 0 aliphatic heterocycles. The molecule has 1 N–H and O–H groups in total. The minimum absolute atomic E-state index is 0.0298. The lowest BCUT2D eigenvalue weighted by molar-refractivity contribution is -0.116. The Morgan fingerprint density at radius 2 is 1.94 bits per heavy atom. The van der Waals surface area contributed by atoms with Crippen LogP contribution in [-0.2, 0) is 17.9 Å². The third kappa shape index (κ3) is 4.39. The maximum absolute atomic E-state index is 13.4. The van der Waals surface area contributed by atoms with E-state index in [1.165, 1.54) is 18.1 Å². The van der Waals surface area contributed by atoms with E-state index in [2.05, 4.69) is 20.6 Å². The highest BCUT2D eigenvalue weighted by atomic mass is 19.1. The van der Waals surface area contributed by atoms with Crippen molar-refractivity contribution in [3.8, 4) is 5.75 Å². The van der Waals surface area contributed by atoms with Crippen LogP contribution in [-0.4, -0.2) is 37.6 Å². The van der Waals surface area contributed by atoms with Gasteiger partial charge < -0.3 is 10.1 Å². The summed E-state index contributed by atoms with van der Waals surface area (Å²) in [5, 5.41) is 10.3. The Labute approximate surface area is 173 Å². The molecule has 2 aromatic carbocycles. The summed E-state index contributed by atoms with van der Waals surface area (Å²) >= 11 is 0. The van der Waals surface area contributed by atoms with Crippen molar-refractivity contribution in [2.75, 3.05) is 12.4 Å². The summed E-state index contributed by atoms with van der Waals surface area (Å²) in [6, 6.07) is 9.85. The lowest BCUT2D eigenvalue weighted by Crippen LogP contribution is -2.28. The van der Waals surface area contributed by atoms with Crippen molar-refractivity contribution in [1.29, 1.82) is 0 Å². The fourth-order valence-electron chi connectivity index (χ4n) is 3.04. The molecule has 0 fully saturated rings. The highest BCUT2D eigenvalue weighted by molar-refractivity contribution is 5.90. The van der Waals surface area contributed by atoms with E-state index in [1.807, 2.05) is 0 Å². The van der Waals surface area contributed by atoms with Crippen LogP contribution in [0.1, 0.15) is 5.56 Å². The van der Waals surface area contributed by atoms with Gasteiger partial charge in [-0.15, -0.1) is 5.10 Å². The maximum Gasteiger partial charge on any atom is 0.283 e. The van der Waals surface area contributed by atoms with Crippen LogP contribution in [0.25, 0.3) is 11.2 Å². The number of nitrogens with one attached hydrogen (secondary N) is 1. The van der Waals surface area contributed by atoms with Crippen LogP contribution < -0.4 is 15.6 Å². The largest absolute Gasteiger partial charge is 0.497 e. The molecule has 0 saturated carbocycles. The number of amides is 1. The third-order valence-electron chi connectivity index (χ3n) is 4.41. The van der Waals surface area contributed by atoms with Gasteiger partial charge in [-0.05, 0) is 29.8 Å². The highest BCUT2D eigenvalue weighted by Gasteiger charge is 2.15. The second kappa shape index (κ2) is 8.30. The van der Waals surface area contributed by atoms with E-state index in [1.54, 1.807) is 24.3 Å². The Bertz CT molecular complexity index is 1310. The zero-order valence-corrected chi connectivity index (χ0v) is 16.2. The van der Waals surface area contributed by atoms with Crippen LogP contribution in [0.15, 0.2) is 53.6 Å². The van der Waals surface area contributed by atoms with E-state index in [9.17, 15) is 18.4 Å². The first-order valence-corrected chi connectivity index (χ1v) is 9.10. The number of nitrogens with zero attached hydrogens (tertiary/aromatic N) is 5. The molecule has 1 amide bonds. The van der Waals surface area contributed by atoms with Crippen molar-refractivity contribution in [2.24, 2.45) is 0 Å². The molecule has 9 nitrogen and oxygen atoms in total. The smallest absolute Gasteiger partial charge is 0.283 e. The van der Waals surface area contributed by atoms with Crippen molar-refractivity contribution in [2.45, 2.75) is 13.1 Å². The van der Waals surface area contributed by atoms with Crippen molar-refractivity contribution in [3.63, 3.8) is 0 Å². The molecule has 0 spiro atoms. The van der Waals surface area contributed by atoms with E-state index in [0.29, 0.717) is 17.0 Å². The van der Waals surface area contributed by atoms with Crippen molar-refractivity contribution in [3.05, 3.63) is 76.3 Å². The molecule has 0 aliphatic carbocycles. The van der Waals surface area contributed by atoms with Gasteiger partial charge in [-0.3, -0.25) is 14.2 Å². The van der Waals surface area contributed by atoms with Gasteiger partial charge in [0.15, 0.2) is 11.2 Å². The molecule has 31 heavy (non-hydrogen) atoms. The number of rotatable bonds is 6. The summed E-state index contributed by atoms with van der Waals surface area (Å²) in [5.41, 5.74) is 0.322. The SMILES string of the molecule is COc1cccc(NC(=O)Cn2cnc3c(nnn3Cc3cc(F)cc(F)c3)c2=O)c1. The minimum Gasteiger partial charge on any atom is -0.497 e. The number of aromatic nitrogens is 5. The number of fused-ring (bicyclic) bond motifs is 1. The zero-order valence-electron chi connectivity index (χ0n) is 16.2. The molecule has 158 valence electrons. The zero-order chi connectivity index (χ0) is 22.0. The molecule has 0 radical (unpaired) electrons. The Balaban J connectivity index is 1.54. The molecule has 0 atom stereocenters. The topological polar surface area (TPSA) is 104 Å². The molecule has 11 heteroatoms. The number of halogens is 2. The van der Waals surface area contributed by atoms with E-state index in [0.717, 1.165) is 22.8 Å². The molecule has 0 bridgehead atoms. The molecule has 2 heterocycles. The van der Waals surface area contributed by atoms with Gasteiger partial charge in [0.2, 0.25) is 5.91 Å². The molecule has 0 aliphatic rings. The van der Waals surface area contributed by atoms with E-state index in [4.69, 9.17) is 4.74 Å². The molecule has 4 aromatic rings. The lowest BCUT2D eigenvalue weighted by Gasteiger charge is -2.08. The normalized spacial score (nSPS) is 10.9. The van der Waals surface area contributed by atoms with Crippen LogP contribution in [0.2, 0.25) is 0 Å². The van der Waals surface area contributed by atoms with Gasteiger partial charge in [0.25, 0.3) is 5.56 Å². The van der Waals surface area contributed by atoms with Crippen molar-refractivity contribution >= 4 is 22.8 Å². The Kier molecular flexibility index (Phi) is 5.39. The minimum atomic E-state index is -0.725. The summed E-state index contributed by atoms with van der Waals surface area (Å²) in [5.74, 6) is -1.32. The summed E-state index contributed by atoms with van der Waals surface area (Å²) < 4.78 is 34.3. The van der Waals surface area contributed by atoms with Crippen LogP contribution in [0.5, 0.6) is 5.75 Å². The highest BCUT2D eigenvalue weighted by Crippen LogP contribution is 2.16. The number of ether oxygens (including phenoxy) is 1. The predicted octanol–water partition coefficient (Wildman–Crippen LogP) is 1.96. The lowest BCUT2D eigenvalue weighted by atomic mass is 10.2. The first kappa shape index (κ1) is 20.1. The Morgan fingerprint density at radius 3 is 2.68 bits per heavy atom. The van der Waals surface area contributed by atoms with Gasteiger partial charge in [-0.2, -0.15) is 0 Å². The summed E-state index contributed by atoms with van der Waals surface area (Å²) in [7, 11) is 1.51.